The van der Waals surface area contributed by atoms with Crippen LogP contribution >= 0.6 is 22.9 Å². The molecular weight excluding hydrogens is 494 g/mol. The largest absolute Gasteiger partial charge is 0.311 e. The van der Waals surface area contributed by atoms with E-state index >= 15 is 0 Å². The van der Waals surface area contributed by atoms with E-state index in [0.29, 0.717) is 22.4 Å². The number of likely N-dealkylation sites (tertiary alicyclic amines) is 1. The quantitative estimate of drug-likeness (QED) is 0.291. The van der Waals surface area contributed by atoms with Crippen molar-refractivity contribution < 1.29 is 4.79 Å². The zero-order valence-electron chi connectivity index (χ0n) is 19.7. The highest BCUT2D eigenvalue weighted by Crippen LogP contribution is 2.52. The molecule has 1 aliphatic rings. The van der Waals surface area contributed by atoms with Gasteiger partial charge >= 0.3 is 0 Å². The highest BCUT2D eigenvalue weighted by Gasteiger charge is 2.33. The number of anilines is 1. The van der Waals surface area contributed by atoms with E-state index in [1.54, 1.807) is 12.3 Å². The molecule has 3 aromatic heterocycles. The molecule has 1 aromatic carbocycles. The first-order valence-electron chi connectivity index (χ1n) is 11.7. The fraction of sp³-hybridized carbons (Fsp3) is 0.269. The Morgan fingerprint density at radius 3 is 2.61 bits per heavy atom. The summed E-state index contributed by atoms with van der Waals surface area (Å²) in [5.41, 5.74) is 3.36. The summed E-state index contributed by atoms with van der Waals surface area (Å²) in [5.74, 6) is 0.864. The molecule has 2 N–H and O–H groups in total. The second kappa shape index (κ2) is 10.6. The Labute approximate surface area is 218 Å². The highest BCUT2D eigenvalue weighted by molar-refractivity contribution is 7.19. The molecule has 0 aliphatic carbocycles. The number of aromatic nitrogens is 4. The number of aromatic amines is 1. The van der Waals surface area contributed by atoms with Crippen LogP contribution in [0, 0.1) is 6.57 Å². The van der Waals surface area contributed by atoms with Crippen molar-refractivity contribution in [2.45, 2.75) is 32.2 Å². The lowest BCUT2D eigenvalue weighted by Gasteiger charge is -2.35. The number of carbonyl (C=O) groups excluding carboxylic acids is 1. The number of halogens is 1. The minimum atomic E-state index is -0.202. The summed E-state index contributed by atoms with van der Waals surface area (Å²) in [6.45, 7) is 11.6. The van der Waals surface area contributed by atoms with Gasteiger partial charge in [0, 0.05) is 28.6 Å². The molecule has 182 valence electrons. The molecule has 10 heteroatoms. The summed E-state index contributed by atoms with van der Waals surface area (Å²) in [7, 11) is 0. The first-order chi connectivity index (χ1) is 17.5. The van der Waals surface area contributed by atoms with E-state index in [-0.39, 0.29) is 11.9 Å². The molecule has 0 bridgehead atoms. The van der Waals surface area contributed by atoms with Crippen LogP contribution in [0.5, 0.6) is 0 Å². The molecule has 8 nitrogen and oxygen atoms in total. The number of piperidine rings is 1. The fourth-order valence-corrected chi connectivity index (χ4v) is 6.03. The average molecular weight is 518 g/mol. The molecule has 0 spiro atoms. The van der Waals surface area contributed by atoms with Gasteiger partial charge in [-0.1, -0.05) is 30.2 Å². The Kier molecular flexibility index (Phi) is 7.09. The Balaban J connectivity index is 1.74. The van der Waals surface area contributed by atoms with Crippen LogP contribution in [-0.4, -0.2) is 44.1 Å². The second-order valence-electron chi connectivity index (χ2n) is 8.63. The van der Waals surface area contributed by atoms with Gasteiger partial charge in [0.1, 0.15) is 12.1 Å². The number of carbonyl (C=O) groups is 1. The molecule has 1 amide bonds. The molecule has 1 atom stereocenters. The predicted molar refractivity (Wildman–Crippen MR) is 142 cm³/mol. The van der Waals surface area contributed by atoms with Gasteiger partial charge < -0.3 is 5.32 Å². The van der Waals surface area contributed by atoms with E-state index in [9.17, 15) is 4.79 Å². The summed E-state index contributed by atoms with van der Waals surface area (Å²) < 4.78 is 0. The molecule has 1 aliphatic heterocycles. The van der Waals surface area contributed by atoms with Gasteiger partial charge in [0.25, 0.3) is 0 Å². The molecule has 36 heavy (non-hydrogen) atoms. The lowest BCUT2D eigenvalue weighted by atomic mass is 9.93. The molecule has 0 radical (unpaired) electrons. The number of nitrogens with one attached hydrogen (secondary N) is 2. The van der Waals surface area contributed by atoms with E-state index in [1.807, 2.05) is 30.3 Å². The normalized spacial score (nSPS) is 14.8. The van der Waals surface area contributed by atoms with Crippen LogP contribution in [-0.2, 0) is 4.79 Å². The zero-order valence-corrected chi connectivity index (χ0v) is 21.2. The summed E-state index contributed by atoms with van der Waals surface area (Å²) in [6.07, 6.45) is 6.54. The van der Waals surface area contributed by atoms with Crippen molar-refractivity contribution >= 4 is 40.4 Å². The Morgan fingerprint density at radius 2 is 1.94 bits per heavy atom. The van der Waals surface area contributed by atoms with E-state index in [0.717, 1.165) is 52.4 Å². The van der Waals surface area contributed by atoms with Crippen molar-refractivity contribution in [2.24, 2.45) is 0 Å². The van der Waals surface area contributed by atoms with Crippen molar-refractivity contribution in [3.63, 3.8) is 0 Å². The molecule has 0 saturated carbocycles. The minimum absolute atomic E-state index is 0.145. The second-order valence-corrected chi connectivity index (χ2v) is 10.1. The lowest BCUT2D eigenvalue weighted by Crippen LogP contribution is -2.34. The zero-order chi connectivity index (χ0) is 25.1. The maximum absolute atomic E-state index is 11.6. The summed E-state index contributed by atoms with van der Waals surface area (Å²) in [4.78, 5) is 28.5. The molecular formula is C26H24ClN7OS. The number of amides is 1. The Hall–Kier alpha value is -3.58. The van der Waals surface area contributed by atoms with E-state index in [2.05, 4.69) is 35.2 Å². The van der Waals surface area contributed by atoms with Gasteiger partial charge in [0.2, 0.25) is 11.6 Å². The van der Waals surface area contributed by atoms with Crippen LogP contribution in [0.4, 0.5) is 11.5 Å². The monoisotopic (exact) mass is 517 g/mol. The molecule has 4 heterocycles. The third-order valence-electron chi connectivity index (χ3n) is 6.20. The number of hydrogen-bond acceptors (Lipinski definition) is 6. The lowest BCUT2D eigenvalue weighted by molar-refractivity contribution is -0.114. The minimum Gasteiger partial charge on any atom is -0.311 e. The van der Waals surface area contributed by atoms with Crippen LogP contribution in [0.3, 0.4) is 0 Å². The van der Waals surface area contributed by atoms with E-state index in [4.69, 9.17) is 18.2 Å². The fourth-order valence-electron chi connectivity index (χ4n) is 4.69. The maximum atomic E-state index is 11.6. The maximum Gasteiger partial charge on any atom is 0.222 e. The number of nitrogens with zero attached hydrogens (tertiary/aromatic N) is 5. The van der Waals surface area contributed by atoms with Gasteiger partial charge in [-0.2, -0.15) is 5.10 Å². The number of thiophene rings is 1. The topological polar surface area (TPSA) is 91.2 Å². The van der Waals surface area contributed by atoms with Gasteiger partial charge in [0.15, 0.2) is 5.82 Å². The molecule has 1 saturated heterocycles. The Morgan fingerprint density at radius 1 is 1.17 bits per heavy atom. The number of H-pyrrole nitrogens is 1. The van der Waals surface area contributed by atoms with Crippen molar-refractivity contribution in [1.29, 1.82) is 0 Å². The number of pyridine rings is 1. The summed E-state index contributed by atoms with van der Waals surface area (Å²) in [6, 6.07) is 11.4. The predicted octanol–water partition coefficient (Wildman–Crippen LogP) is 6.33. The van der Waals surface area contributed by atoms with E-state index in [1.165, 1.54) is 31.0 Å². The van der Waals surface area contributed by atoms with Crippen LogP contribution in [0.15, 0.2) is 48.9 Å². The number of hydrogen-bond donors (Lipinski definition) is 2. The third-order valence-corrected chi connectivity index (χ3v) is 7.70. The van der Waals surface area contributed by atoms with Crippen molar-refractivity contribution in [1.82, 2.24) is 25.1 Å². The van der Waals surface area contributed by atoms with Crippen molar-refractivity contribution in [3.8, 4) is 21.1 Å². The van der Waals surface area contributed by atoms with Gasteiger partial charge in [-0.25, -0.2) is 14.8 Å². The molecule has 1 fully saturated rings. The Bertz CT molecular complexity index is 1400. The van der Waals surface area contributed by atoms with Crippen LogP contribution in [0.25, 0.3) is 26.0 Å². The molecule has 4 aromatic rings. The van der Waals surface area contributed by atoms with Gasteiger partial charge in [-0.3, -0.25) is 14.8 Å². The standard InChI is InChI=1S/C26H24ClN7OS/c1-16(35)32-20-14-18(10-11-29-20)24-22(28-2)21(25(36-24)26-30-15-31-33-26)23(34-12-4-3-5-13-34)17-6-8-19(27)9-7-17/h6-11,14-15,23H,3-5,12-13H2,1H3,(H,29,32,35)(H,30,31,33). The van der Waals surface area contributed by atoms with Crippen molar-refractivity contribution in [2.75, 3.05) is 18.4 Å². The van der Waals surface area contributed by atoms with Crippen molar-refractivity contribution in [3.05, 3.63) is 76.5 Å². The summed E-state index contributed by atoms with van der Waals surface area (Å²) >= 11 is 7.73. The first kappa shape index (κ1) is 24.1. The molecule has 1 unspecified atom stereocenters. The summed E-state index contributed by atoms with van der Waals surface area (Å²) in [5, 5.41) is 10.5. The SMILES string of the molecule is [C-]#[N+]c1c(-c2ccnc(NC(C)=O)c2)sc(-c2ncn[nH]2)c1C(c1ccc(Cl)cc1)N1CCCCC1. The number of rotatable bonds is 6. The smallest absolute Gasteiger partial charge is 0.222 e. The van der Waals surface area contributed by atoms with Crippen LogP contribution < -0.4 is 5.32 Å². The average Bonchev–Trinajstić information content (AvgIpc) is 3.54. The van der Waals surface area contributed by atoms with Gasteiger partial charge in [0.05, 0.1) is 17.5 Å². The third kappa shape index (κ3) is 4.88. The van der Waals surface area contributed by atoms with Crippen LogP contribution in [0.1, 0.15) is 43.4 Å². The van der Waals surface area contributed by atoms with Crippen LogP contribution in [0.2, 0.25) is 5.02 Å². The first-order valence-corrected chi connectivity index (χ1v) is 12.9. The van der Waals surface area contributed by atoms with Gasteiger partial charge in [-0.15, -0.1) is 11.3 Å². The highest BCUT2D eigenvalue weighted by atomic mass is 35.5. The molecule has 5 rings (SSSR count). The van der Waals surface area contributed by atoms with Gasteiger partial charge in [-0.05, 0) is 61.3 Å². The number of benzene rings is 1. The van der Waals surface area contributed by atoms with E-state index < -0.39 is 0 Å².